The van der Waals surface area contributed by atoms with E-state index >= 15 is 0 Å². The summed E-state index contributed by atoms with van der Waals surface area (Å²) in [7, 11) is 1.81. The van der Waals surface area contributed by atoms with Crippen LogP contribution in [0, 0.1) is 6.92 Å². The van der Waals surface area contributed by atoms with Gasteiger partial charge < -0.3 is 33.4 Å². The molecule has 1 N–H and O–H groups in total. The van der Waals surface area contributed by atoms with Crippen LogP contribution < -0.4 is 19.1 Å². The number of halogens is 1. The van der Waals surface area contributed by atoms with Crippen LogP contribution in [0.4, 0.5) is 16.2 Å². The van der Waals surface area contributed by atoms with Crippen molar-refractivity contribution in [3.05, 3.63) is 125 Å². The molecule has 6 rings (SSSR count). The first-order chi connectivity index (χ1) is 28.2. The molecule has 15 heteroatoms. The Balaban J connectivity index is 1.15. The zero-order valence-corrected chi connectivity index (χ0v) is 34.3. The molecule has 0 atom stereocenters. The zero-order chi connectivity index (χ0) is 42.3. The maximum absolute atomic E-state index is 14.7. The Morgan fingerprint density at radius 1 is 0.898 bits per heavy atom. The number of esters is 1. The number of aromatic nitrogens is 3. The lowest BCUT2D eigenvalue weighted by atomic mass is 10.0. The van der Waals surface area contributed by atoms with E-state index in [1.807, 2.05) is 36.7 Å². The molecule has 0 bridgehead atoms. The fourth-order valence-electron chi connectivity index (χ4n) is 6.43. The molecule has 5 aromatic rings. The number of fused-ring (bicyclic) bond motifs is 1. The highest BCUT2D eigenvalue weighted by atomic mass is 35.5. The molecule has 2 aromatic heterocycles. The van der Waals surface area contributed by atoms with Crippen molar-refractivity contribution in [3.63, 3.8) is 0 Å². The third-order valence-corrected chi connectivity index (χ3v) is 9.57. The number of anilines is 2. The molecule has 0 radical (unpaired) electrons. The summed E-state index contributed by atoms with van der Waals surface area (Å²) < 4.78 is 30.5. The molecular weight excluding hydrogens is 778 g/mol. The second kappa shape index (κ2) is 18.5. The number of nitrogens with zero attached hydrogens (tertiary/aromatic N) is 5. The van der Waals surface area contributed by atoms with Crippen molar-refractivity contribution in [2.45, 2.75) is 46.4 Å². The topological polar surface area (TPSA) is 155 Å². The van der Waals surface area contributed by atoms with Crippen LogP contribution in [0.2, 0.25) is 5.02 Å². The van der Waals surface area contributed by atoms with E-state index in [1.165, 1.54) is 22.2 Å². The first-order valence-corrected chi connectivity index (χ1v) is 19.2. The van der Waals surface area contributed by atoms with Crippen molar-refractivity contribution in [2.75, 3.05) is 37.9 Å². The van der Waals surface area contributed by atoms with Gasteiger partial charge in [-0.25, -0.2) is 19.6 Å². The van der Waals surface area contributed by atoms with E-state index in [9.17, 15) is 19.5 Å². The van der Waals surface area contributed by atoms with Crippen LogP contribution in [0.1, 0.15) is 58.3 Å². The maximum atomic E-state index is 14.7. The van der Waals surface area contributed by atoms with Crippen molar-refractivity contribution in [1.29, 1.82) is 0 Å². The first-order valence-electron chi connectivity index (χ1n) is 18.9. The molecular formula is C44H46ClN5O9. The number of hydrogen-bond acceptors (Lipinski definition) is 10. The summed E-state index contributed by atoms with van der Waals surface area (Å²) in [4.78, 5) is 51.0. The van der Waals surface area contributed by atoms with E-state index in [-0.39, 0.29) is 44.9 Å². The molecule has 59 heavy (non-hydrogen) atoms. The molecule has 1 aliphatic rings. The molecule has 0 aliphatic carbocycles. The molecule has 0 saturated carbocycles. The van der Waals surface area contributed by atoms with Crippen LogP contribution in [0.3, 0.4) is 0 Å². The summed E-state index contributed by atoms with van der Waals surface area (Å²) in [6.45, 7) is 12.8. The Kier molecular flexibility index (Phi) is 13.2. The molecule has 3 aromatic carbocycles. The highest BCUT2D eigenvalue weighted by molar-refractivity contribution is 6.31. The monoisotopic (exact) mass is 823 g/mol. The van der Waals surface area contributed by atoms with Gasteiger partial charge in [0.25, 0.3) is 5.91 Å². The van der Waals surface area contributed by atoms with Crippen molar-refractivity contribution in [2.24, 2.45) is 7.05 Å². The number of amides is 2. The van der Waals surface area contributed by atoms with Crippen LogP contribution >= 0.6 is 11.6 Å². The van der Waals surface area contributed by atoms with Crippen LogP contribution in [0.15, 0.2) is 91.8 Å². The second-order valence-electron chi connectivity index (χ2n) is 14.6. The fourth-order valence-corrected chi connectivity index (χ4v) is 6.60. The molecule has 1 aliphatic heterocycles. The van der Waals surface area contributed by atoms with Gasteiger partial charge in [-0.1, -0.05) is 36.4 Å². The first kappa shape index (κ1) is 42.2. The molecule has 2 amide bonds. The molecule has 308 valence electrons. The highest BCUT2D eigenvalue weighted by Gasteiger charge is 2.29. The Labute approximate surface area is 347 Å². The Morgan fingerprint density at radius 2 is 1.61 bits per heavy atom. The van der Waals surface area contributed by atoms with Crippen LogP contribution in [0.25, 0.3) is 11.3 Å². The van der Waals surface area contributed by atoms with E-state index < -0.39 is 17.7 Å². The van der Waals surface area contributed by atoms with E-state index in [4.69, 9.17) is 35.3 Å². The third kappa shape index (κ3) is 10.2. The van der Waals surface area contributed by atoms with Gasteiger partial charge in [-0.3, -0.25) is 14.6 Å². The van der Waals surface area contributed by atoms with Crippen molar-refractivity contribution in [3.8, 4) is 28.8 Å². The Hall–Kier alpha value is -6.38. The molecule has 0 saturated heterocycles. The van der Waals surface area contributed by atoms with Gasteiger partial charge in [-0.15, -0.1) is 0 Å². The normalized spacial score (nSPS) is 12.1. The summed E-state index contributed by atoms with van der Waals surface area (Å²) in [6, 6.07) is 19.3. The molecule has 3 heterocycles. The lowest BCUT2D eigenvalue weighted by Gasteiger charge is -2.23. The SMILES string of the molecule is C=CCOc1ccc(N(C(=O)c2cc(-c3cc(Cl)ccc3C(=O)OC(C)(C)C)n(C)c2C)c2cnc(OCCOCCOc3cccc4c3CN(C(=O)O)C4)nc2)cc1. The standard InChI is InChI=1S/C44H46ClN5O9/c1-7-17-56-33-14-12-31(13-15-33)50(40(51)35-23-38(48(6)28(35)2)36-22-30(45)11-16-34(36)41(52)59-44(3,4)5)32-24-46-42(47-25-32)58-21-19-55-18-20-57-39-10-8-9-29-26-49(43(53)54)27-37(29)39/h7-16,22-25H,1,17-21,26-27H2,2-6H3,(H,53,54). The van der Waals surface area contributed by atoms with Gasteiger partial charge in [0.05, 0.1) is 49.0 Å². The summed E-state index contributed by atoms with van der Waals surface area (Å²) in [5, 5.41) is 9.76. The minimum absolute atomic E-state index is 0.0887. The maximum Gasteiger partial charge on any atom is 0.407 e. The van der Waals surface area contributed by atoms with Crippen molar-refractivity contribution in [1.82, 2.24) is 19.4 Å². The predicted molar refractivity (Wildman–Crippen MR) is 222 cm³/mol. The second-order valence-corrected chi connectivity index (χ2v) is 15.0. The summed E-state index contributed by atoms with van der Waals surface area (Å²) in [5.74, 6) is 0.344. The quantitative estimate of drug-likeness (QED) is 0.0580. The Bertz CT molecular complexity index is 2320. The number of rotatable bonds is 16. The number of ether oxygens (including phenoxy) is 5. The minimum Gasteiger partial charge on any atom is -0.491 e. The van der Waals surface area contributed by atoms with Gasteiger partial charge in [0.15, 0.2) is 0 Å². The lowest BCUT2D eigenvalue weighted by Crippen LogP contribution is -2.26. The lowest BCUT2D eigenvalue weighted by molar-refractivity contribution is 0.00701. The van der Waals surface area contributed by atoms with E-state index in [0.717, 1.165) is 11.1 Å². The van der Waals surface area contributed by atoms with Gasteiger partial charge in [-0.05, 0) is 87.9 Å². The summed E-state index contributed by atoms with van der Waals surface area (Å²) >= 11 is 6.44. The Morgan fingerprint density at radius 3 is 2.29 bits per heavy atom. The third-order valence-electron chi connectivity index (χ3n) is 9.34. The van der Waals surface area contributed by atoms with Crippen molar-refractivity contribution < 1.29 is 43.2 Å². The van der Waals surface area contributed by atoms with Gasteiger partial charge in [0.1, 0.15) is 36.9 Å². The molecule has 0 unspecified atom stereocenters. The average molecular weight is 824 g/mol. The van der Waals surface area contributed by atoms with Gasteiger partial charge in [0, 0.05) is 46.8 Å². The van der Waals surface area contributed by atoms with Crippen molar-refractivity contribution >= 4 is 40.9 Å². The number of benzene rings is 3. The van der Waals surface area contributed by atoms with Gasteiger partial charge >= 0.3 is 18.1 Å². The fraction of sp³-hybridized carbons (Fsp3) is 0.295. The minimum atomic E-state index is -0.968. The average Bonchev–Trinajstić information content (AvgIpc) is 3.78. The van der Waals surface area contributed by atoms with Crippen LogP contribution in [-0.2, 0) is 29.6 Å². The van der Waals surface area contributed by atoms with E-state index in [1.54, 1.807) is 75.4 Å². The van der Waals surface area contributed by atoms with Crippen LogP contribution in [0.5, 0.6) is 17.5 Å². The summed E-state index contributed by atoms with van der Waals surface area (Å²) in [5.41, 5.74) is 4.38. The predicted octanol–water partition coefficient (Wildman–Crippen LogP) is 8.41. The number of carbonyl (C=O) groups excluding carboxylic acids is 2. The molecule has 0 spiro atoms. The zero-order valence-electron chi connectivity index (χ0n) is 33.6. The summed E-state index contributed by atoms with van der Waals surface area (Å²) in [6.07, 6.45) is 3.67. The highest BCUT2D eigenvalue weighted by Crippen LogP contribution is 2.35. The van der Waals surface area contributed by atoms with Gasteiger partial charge in [-0.2, -0.15) is 0 Å². The smallest absolute Gasteiger partial charge is 0.407 e. The molecule has 14 nitrogen and oxygen atoms in total. The number of carboxylic acid groups (broad SMARTS) is 1. The molecule has 0 fully saturated rings. The van der Waals surface area contributed by atoms with Crippen LogP contribution in [-0.4, -0.2) is 81.1 Å². The number of carbonyl (C=O) groups is 3. The largest absolute Gasteiger partial charge is 0.491 e. The van der Waals surface area contributed by atoms with E-state index in [0.29, 0.717) is 69.1 Å². The van der Waals surface area contributed by atoms with Gasteiger partial charge in [0.2, 0.25) is 0 Å². The van der Waals surface area contributed by atoms with E-state index in [2.05, 4.69) is 16.5 Å². The number of hydrogen-bond donors (Lipinski definition) is 1.